The molecule has 1 amide bonds. The van der Waals surface area contributed by atoms with E-state index in [1.807, 2.05) is 47.2 Å². The number of carbonyl (C=O) groups is 2. The van der Waals surface area contributed by atoms with Crippen molar-refractivity contribution in [3.63, 3.8) is 0 Å². The Bertz CT molecular complexity index is 894. The van der Waals surface area contributed by atoms with E-state index in [2.05, 4.69) is 0 Å². The third-order valence-corrected chi connectivity index (χ3v) is 4.53. The summed E-state index contributed by atoms with van der Waals surface area (Å²) in [6.07, 6.45) is 0. The van der Waals surface area contributed by atoms with Gasteiger partial charge in [0.15, 0.2) is 6.61 Å². The van der Waals surface area contributed by atoms with E-state index in [0.29, 0.717) is 23.6 Å². The summed E-state index contributed by atoms with van der Waals surface area (Å²) in [6, 6.07) is 17.9. The van der Waals surface area contributed by atoms with Crippen molar-refractivity contribution in [3.8, 4) is 11.5 Å². The number of thiophene rings is 1. The van der Waals surface area contributed by atoms with Crippen LogP contribution >= 0.6 is 11.3 Å². The number of para-hydroxylation sites is 1. The molecule has 0 saturated carbocycles. The molecule has 138 valence electrons. The molecular weight excluding hydrogens is 362 g/mol. The highest BCUT2D eigenvalue weighted by molar-refractivity contribution is 7.07. The minimum absolute atomic E-state index is 0.258. The Hall–Kier alpha value is -3.12. The minimum Gasteiger partial charge on any atom is -0.457 e. The van der Waals surface area contributed by atoms with Crippen molar-refractivity contribution >= 4 is 23.2 Å². The first kappa shape index (κ1) is 18.7. The van der Waals surface area contributed by atoms with Gasteiger partial charge in [0.1, 0.15) is 11.5 Å². The van der Waals surface area contributed by atoms with Crippen molar-refractivity contribution in [1.29, 1.82) is 0 Å². The predicted molar refractivity (Wildman–Crippen MR) is 104 cm³/mol. The van der Waals surface area contributed by atoms with Crippen LogP contribution in [0.25, 0.3) is 0 Å². The number of hydrogen-bond donors (Lipinski definition) is 0. The summed E-state index contributed by atoms with van der Waals surface area (Å²) >= 11 is 1.58. The number of ether oxygens (including phenoxy) is 2. The summed E-state index contributed by atoms with van der Waals surface area (Å²) in [5, 5.41) is 3.94. The molecule has 0 bridgehead atoms. The summed E-state index contributed by atoms with van der Waals surface area (Å²) < 4.78 is 10.9. The van der Waals surface area contributed by atoms with Gasteiger partial charge in [0.25, 0.3) is 5.91 Å². The molecule has 5 nitrogen and oxygen atoms in total. The number of esters is 1. The van der Waals surface area contributed by atoms with E-state index in [9.17, 15) is 9.59 Å². The molecule has 0 saturated heterocycles. The number of carbonyl (C=O) groups excluding carboxylic acids is 2. The van der Waals surface area contributed by atoms with Gasteiger partial charge in [-0.25, -0.2) is 4.79 Å². The largest absolute Gasteiger partial charge is 0.457 e. The second kappa shape index (κ2) is 9.00. The van der Waals surface area contributed by atoms with Crippen molar-refractivity contribution in [2.75, 3.05) is 13.7 Å². The highest BCUT2D eigenvalue weighted by atomic mass is 32.1. The number of likely N-dealkylation sites (N-methyl/N-ethyl adjacent to an activating group) is 1. The monoisotopic (exact) mass is 381 g/mol. The van der Waals surface area contributed by atoms with E-state index < -0.39 is 5.97 Å². The third kappa shape index (κ3) is 5.43. The summed E-state index contributed by atoms with van der Waals surface area (Å²) in [7, 11) is 1.68. The zero-order valence-electron chi connectivity index (χ0n) is 14.8. The van der Waals surface area contributed by atoms with Crippen molar-refractivity contribution in [1.82, 2.24) is 4.90 Å². The van der Waals surface area contributed by atoms with Gasteiger partial charge < -0.3 is 14.4 Å². The number of nitrogens with zero attached hydrogens (tertiary/aromatic N) is 1. The first-order valence-electron chi connectivity index (χ1n) is 8.37. The Morgan fingerprint density at radius 1 is 1.00 bits per heavy atom. The van der Waals surface area contributed by atoms with Crippen LogP contribution in [0.1, 0.15) is 15.9 Å². The molecular formula is C21H19NO4S. The maximum absolute atomic E-state index is 12.2. The highest BCUT2D eigenvalue weighted by Crippen LogP contribution is 2.22. The Labute approximate surface area is 161 Å². The molecule has 0 fully saturated rings. The molecule has 0 atom stereocenters. The average Bonchev–Trinajstić information content (AvgIpc) is 3.20. The van der Waals surface area contributed by atoms with Gasteiger partial charge in [0, 0.05) is 13.6 Å². The molecule has 0 aliphatic rings. The first-order chi connectivity index (χ1) is 13.1. The SMILES string of the molecule is CN(Cc1ccsc1)C(=O)COC(=O)c1cccc(Oc2ccccc2)c1. The first-order valence-corrected chi connectivity index (χ1v) is 9.31. The maximum atomic E-state index is 12.2. The lowest BCUT2D eigenvalue weighted by atomic mass is 10.2. The van der Waals surface area contributed by atoms with Crippen molar-refractivity contribution in [2.24, 2.45) is 0 Å². The van der Waals surface area contributed by atoms with Crippen LogP contribution in [0.15, 0.2) is 71.4 Å². The van der Waals surface area contributed by atoms with Crippen LogP contribution in [-0.2, 0) is 16.1 Å². The normalized spacial score (nSPS) is 10.3. The van der Waals surface area contributed by atoms with Gasteiger partial charge in [0.2, 0.25) is 0 Å². The van der Waals surface area contributed by atoms with Crippen LogP contribution in [-0.4, -0.2) is 30.4 Å². The minimum atomic E-state index is -0.564. The Morgan fingerprint density at radius 3 is 2.52 bits per heavy atom. The molecule has 0 aliphatic carbocycles. The summed E-state index contributed by atoms with van der Waals surface area (Å²) in [5.74, 6) is 0.377. The van der Waals surface area contributed by atoms with Gasteiger partial charge >= 0.3 is 5.97 Å². The molecule has 0 N–H and O–H groups in total. The Kier molecular flexibility index (Phi) is 6.22. The topological polar surface area (TPSA) is 55.8 Å². The summed E-state index contributed by atoms with van der Waals surface area (Å²) in [5.41, 5.74) is 1.38. The fourth-order valence-corrected chi connectivity index (χ4v) is 3.04. The Morgan fingerprint density at radius 2 is 1.78 bits per heavy atom. The smallest absolute Gasteiger partial charge is 0.338 e. The van der Waals surface area contributed by atoms with Crippen LogP contribution < -0.4 is 4.74 Å². The van der Waals surface area contributed by atoms with Crippen molar-refractivity contribution in [3.05, 3.63) is 82.6 Å². The van der Waals surface area contributed by atoms with Crippen LogP contribution in [0.5, 0.6) is 11.5 Å². The van der Waals surface area contributed by atoms with Gasteiger partial charge in [-0.15, -0.1) is 0 Å². The average molecular weight is 381 g/mol. The molecule has 3 aromatic rings. The maximum Gasteiger partial charge on any atom is 0.338 e. The number of benzene rings is 2. The second-order valence-corrected chi connectivity index (χ2v) is 6.68. The standard InChI is InChI=1S/C21H19NO4S/c1-22(13-16-10-11-27-15-16)20(23)14-25-21(24)17-6-5-9-19(12-17)26-18-7-3-2-4-8-18/h2-12,15H,13-14H2,1H3. The molecule has 0 spiro atoms. The zero-order chi connectivity index (χ0) is 19.1. The Balaban J connectivity index is 1.54. The van der Waals surface area contributed by atoms with Crippen LogP contribution in [0.4, 0.5) is 0 Å². The molecule has 2 aromatic carbocycles. The lowest BCUT2D eigenvalue weighted by Gasteiger charge is -2.16. The van der Waals surface area contributed by atoms with E-state index in [4.69, 9.17) is 9.47 Å². The van der Waals surface area contributed by atoms with Gasteiger partial charge in [0.05, 0.1) is 5.56 Å². The molecule has 1 heterocycles. The lowest BCUT2D eigenvalue weighted by Crippen LogP contribution is -2.30. The number of amides is 1. The van der Waals surface area contributed by atoms with Crippen LogP contribution in [0.3, 0.4) is 0 Å². The zero-order valence-corrected chi connectivity index (χ0v) is 15.6. The van der Waals surface area contributed by atoms with E-state index in [1.165, 1.54) is 4.90 Å². The van der Waals surface area contributed by atoms with Gasteiger partial charge in [-0.1, -0.05) is 24.3 Å². The van der Waals surface area contributed by atoms with Gasteiger partial charge in [-0.05, 0) is 52.7 Å². The summed E-state index contributed by atoms with van der Waals surface area (Å²) in [6.45, 7) is 0.184. The van der Waals surface area contributed by atoms with Crippen LogP contribution in [0.2, 0.25) is 0 Å². The van der Waals surface area contributed by atoms with E-state index >= 15 is 0 Å². The van der Waals surface area contributed by atoms with E-state index in [1.54, 1.807) is 42.6 Å². The third-order valence-electron chi connectivity index (χ3n) is 3.80. The fraction of sp³-hybridized carbons (Fsp3) is 0.143. The molecule has 0 aliphatic heterocycles. The molecule has 0 radical (unpaired) electrons. The lowest BCUT2D eigenvalue weighted by molar-refractivity contribution is -0.133. The molecule has 3 rings (SSSR count). The van der Waals surface area contributed by atoms with E-state index in [0.717, 1.165) is 5.56 Å². The number of rotatable bonds is 7. The molecule has 0 unspecified atom stereocenters. The number of hydrogen-bond acceptors (Lipinski definition) is 5. The molecule has 1 aromatic heterocycles. The van der Waals surface area contributed by atoms with Crippen molar-refractivity contribution in [2.45, 2.75) is 6.54 Å². The highest BCUT2D eigenvalue weighted by Gasteiger charge is 2.14. The van der Waals surface area contributed by atoms with Gasteiger partial charge in [-0.2, -0.15) is 11.3 Å². The van der Waals surface area contributed by atoms with E-state index in [-0.39, 0.29) is 12.5 Å². The molecule has 27 heavy (non-hydrogen) atoms. The van der Waals surface area contributed by atoms with Crippen molar-refractivity contribution < 1.29 is 19.1 Å². The predicted octanol–water partition coefficient (Wildman–Crippen LogP) is 4.36. The molecule has 6 heteroatoms. The quantitative estimate of drug-likeness (QED) is 0.571. The summed E-state index contributed by atoms with van der Waals surface area (Å²) in [4.78, 5) is 25.9. The second-order valence-electron chi connectivity index (χ2n) is 5.90. The fourth-order valence-electron chi connectivity index (χ4n) is 2.38. The van der Waals surface area contributed by atoms with Gasteiger partial charge in [-0.3, -0.25) is 4.79 Å². The van der Waals surface area contributed by atoms with Crippen LogP contribution in [0, 0.1) is 0 Å².